The molecule has 2 N–H and O–H groups in total. The molecule has 3 rings (SSSR count). The minimum absolute atomic E-state index is 0.102. The van der Waals surface area contributed by atoms with Crippen molar-refractivity contribution in [2.75, 3.05) is 39.9 Å². The van der Waals surface area contributed by atoms with Gasteiger partial charge >= 0.3 is 0 Å². The first kappa shape index (κ1) is 25.9. The number of hydrogen-bond donors (Lipinski definition) is 2. The SMILES string of the molecule is COc1cc(C(C#N)(CCCN2CCC(NCCOc3ccccc3)CC2)C(C)C)ccc1O. The molecule has 1 atom stereocenters. The molecule has 0 radical (unpaired) electrons. The van der Waals surface area contributed by atoms with Gasteiger partial charge in [-0.3, -0.25) is 0 Å². The number of methoxy groups -OCH3 is 1. The van der Waals surface area contributed by atoms with Crippen LogP contribution in [0.4, 0.5) is 0 Å². The van der Waals surface area contributed by atoms with Crippen molar-refractivity contribution in [1.29, 1.82) is 5.26 Å². The molecule has 0 aliphatic carbocycles. The van der Waals surface area contributed by atoms with Crippen LogP contribution in [0.25, 0.3) is 0 Å². The molecule has 0 aromatic heterocycles. The van der Waals surface area contributed by atoms with Crippen molar-refractivity contribution in [2.24, 2.45) is 5.92 Å². The number of phenols is 1. The van der Waals surface area contributed by atoms with E-state index >= 15 is 0 Å². The molecule has 0 saturated carbocycles. The molecule has 6 nitrogen and oxygen atoms in total. The van der Waals surface area contributed by atoms with Crippen LogP contribution in [0.5, 0.6) is 17.2 Å². The molecule has 0 amide bonds. The zero-order valence-electron chi connectivity index (χ0n) is 20.8. The second kappa shape index (κ2) is 12.6. The molecule has 1 aliphatic rings. The minimum Gasteiger partial charge on any atom is -0.504 e. The fraction of sp³-hybridized carbons (Fsp3) is 0.536. The molecule has 6 heteroatoms. The van der Waals surface area contributed by atoms with Gasteiger partial charge in [-0.25, -0.2) is 0 Å². The summed E-state index contributed by atoms with van der Waals surface area (Å²) in [6.45, 7) is 8.88. The first-order chi connectivity index (χ1) is 16.5. The van der Waals surface area contributed by atoms with Gasteiger partial charge in [-0.05, 0) is 81.1 Å². The molecule has 34 heavy (non-hydrogen) atoms. The van der Waals surface area contributed by atoms with Gasteiger partial charge in [-0.2, -0.15) is 5.26 Å². The third-order valence-corrected chi connectivity index (χ3v) is 7.06. The van der Waals surface area contributed by atoms with Gasteiger partial charge in [0, 0.05) is 12.6 Å². The minimum atomic E-state index is -0.598. The average molecular weight is 466 g/mol. The topological polar surface area (TPSA) is 77.8 Å². The van der Waals surface area contributed by atoms with Crippen LogP contribution in [0.15, 0.2) is 48.5 Å². The molecule has 1 heterocycles. The monoisotopic (exact) mass is 465 g/mol. The van der Waals surface area contributed by atoms with Gasteiger partial charge < -0.3 is 24.8 Å². The highest BCUT2D eigenvalue weighted by Gasteiger charge is 2.36. The van der Waals surface area contributed by atoms with Gasteiger partial charge in [0.05, 0.1) is 18.6 Å². The van der Waals surface area contributed by atoms with Crippen molar-refractivity contribution in [2.45, 2.75) is 51.0 Å². The summed E-state index contributed by atoms with van der Waals surface area (Å²) >= 11 is 0. The first-order valence-electron chi connectivity index (χ1n) is 12.4. The Kier molecular flexibility index (Phi) is 9.62. The van der Waals surface area contributed by atoms with Crippen LogP contribution in [0.3, 0.4) is 0 Å². The Morgan fingerprint density at radius 3 is 2.56 bits per heavy atom. The number of benzene rings is 2. The van der Waals surface area contributed by atoms with E-state index in [1.807, 2.05) is 42.5 Å². The number of rotatable bonds is 12. The Balaban J connectivity index is 1.43. The fourth-order valence-corrected chi connectivity index (χ4v) is 4.86. The van der Waals surface area contributed by atoms with E-state index in [9.17, 15) is 10.4 Å². The van der Waals surface area contributed by atoms with Gasteiger partial charge in [0.25, 0.3) is 0 Å². The van der Waals surface area contributed by atoms with Crippen LogP contribution in [0.1, 0.15) is 45.1 Å². The Morgan fingerprint density at radius 2 is 1.91 bits per heavy atom. The molecule has 184 valence electrons. The van der Waals surface area contributed by atoms with E-state index < -0.39 is 5.41 Å². The van der Waals surface area contributed by atoms with Gasteiger partial charge in [-0.1, -0.05) is 38.1 Å². The third kappa shape index (κ3) is 6.65. The molecule has 0 spiro atoms. The molecule has 1 aliphatic heterocycles. The summed E-state index contributed by atoms with van der Waals surface area (Å²) < 4.78 is 11.1. The number of hydrogen-bond acceptors (Lipinski definition) is 6. The predicted molar refractivity (Wildman–Crippen MR) is 135 cm³/mol. The van der Waals surface area contributed by atoms with Crippen molar-refractivity contribution in [3.8, 4) is 23.3 Å². The third-order valence-electron chi connectivity index (χ3n) is 7.06. The van der Waals surface area contributed by atoms with Gasteiger partial charge in [0.1, 0.15) is 12.4 Å². The number of para-hydroxylation sites is 1. The maximum Gasteiger partial charge on any atom is 0.160 e. The van der Waals surface area contributed by atoms with Crippen molar-refractivity contribution in [3.05, 3.63) is 54.1 Å². The average Bonchev–Trinajstić information content (AvgIpc) is 2.86. The van der Waals surface area contributed by atoms with Gasteiger partial charge in [0.15, 0.2) is 11.5 Å². The highest BCUT2D eigenvalue weighted by Crippen LogP contribution is 2.40. The number of phenolic OH excluding ortho intramolecular Hbond substituents is 1. The first-order valence-corrected chi connectivity index (χ1v) is 12.4. The molecular weight excluding hydrogens is 426 g/mol. The highest BCUT2D eigenvalue weighted by atomic mass is 16.5. The molecule has 2 aromatic carbocycles. The van der Waals surface area contributed by atoms with E-state index in [0.717, 1.165) is 63.2 Å². The van der Waals surface area contributed by atoms with E-state index in [4.69, 9.17) is 9.47 Å². The van der Waals surface area contributed by atoms with Gasteiger partial charge in [0.2, 0.25) is 0 Å². The summed E-state index contributed by atoms with van der Waals surface area (Å²) in [5.41, 5.74) is 0.319. The number of nitrogens with one attached hydrogen (secondary N) is 1. The summed E-state index contributed by atoms with van der Waals surface area (Å²) in [6.07, 6.45) is 4.00. The van der Waals surface area contributed by atoms with Crippen LogP contribution in [0.2, 0.25) is 0 Å². The van der Waals surface area contributed by atoms with Crippen molar-refractivity contribution >= 4 is 0 Å². The van der Waals surface area contributed by atoms with Crippen LogP contribution in [-0.4, -0.2) is 55.9 Å². The normalized spacial score (nSPS) is 16.7. The van der Waals surface area contributed by atoms with E-state index in [0.29, 0.717) is 18.4 Å². The Hall–Kier alpha value is -2.75. The largest absolute Gasteiger partial charge is 0.504 e. The van der Waals surface area contributed by atoms with Crippen LogP contribution in [-0.2, 0) is 5.41 Å². The summed E-state index contributed by atoms with van der Waals surface area (Å²) in [6, 6.07) is 18.4. The predicted octanol–water partition coefficient (Wildman–Crippen LogP) is 4.73. The molecule has 1 saturated heterocycles. The van der Waals surface area contributed by atoms with E-state index in [1.54, 1.807) is 6.07 Å². The Morgan fingerprint density at radius 1 is 1.18 bits per heavy atom. The van der Waals surface area contributed by atoms with Crippen LogP contribution >= 0.6 is 0 Å². The van der Waals surface area contributed by atoms with Crippen molar-refractivity contribution < 1.29 is 14.6 Å². The lowest BCUT2D eigenvalue weighted by Gasteiger charge is -2.35. The molecule has 1 fully saturated rings. The highest BCUT2D eigenvalue weighted by molar-refractivity contribution is 5.46. The lowest BCUT2D eigenvalue weighted by atomic mass is 9.69. The summed E-state index contributed by atoms with van der Waals surface area (Å²) in [4.78, 5) is 2.51. The van der Waals surface area contributed by atoms with Crippen molar-refractivity contribution in [1.82, 2.24) is 10.2 Å². The number of nitriles is 1. The smallest absolute Gasteiger partial charge is 0.160 e. The number of piperidine rings is 1. The van der Waals surface area contributed by atoms with Crippen LogP contribution in [0, 0.1) is 17.2 Å². The number of aromatic hydroxyl groups is 1. The maximum absolute atomic E-state index is 10.2. The standard InChI is InChI=1S/C28H39N3O3/c1-22(2)28(21-29,23-10-11-26(32)27(20-23)33-3)14-7-16-31-17-12-24(13-18-31)30-15-19-34-25-8-5-4-6-9-25/h4-6,8-11,20,22,24,30,32H,7,12-19H2,1-3H3. The molecule has 0 bridgehead atoms. The van der Waals surface area contributed by atoms with E-state index in [1.165, 1.54) is 7.11 Å². The molecule has 2 aromatic rings. The molecule has 1 unspecified atom stereocenters. The van der Waals surface area contributed by atoms with Crippen LogP contribution < -0.4 is 14.8 Å². The number of nitrogens with zero attached hydrogens (tertiary/aromatic N) is 2. The van der Waals surface area contributed by atoms with E-state index in [2.05, 4.69) is 30.1 Å². The Bertz CT molecular complexity index is 920. The summed E-state index contributed by atoms with van der Waals surface area (Å²) in [7, 11) is 1.54. The maximum atomic E-state index is 10.2. The quantitative estimate of drug-likeness (QED) is 0.441. The Labute approximate surface area is 204 Å². The number of likely N-dealkylation sites (tertiary alicyclic amines) is 1. The fourth-order valence-electron chi connectivity index (χ4n) is 4.86. The lowest BCUT2D eigenvalue weighted by Crippen LogP contribution is -2.44. The zero-order chi connectivity index (χ0) is 24.4. The van der Waals surface area contributed by atoms with Crippen molar-refractivity contribution in [3.63, 3.8) is 0 Å². The number of ether oxygens (including phenoxy) is 2. The molecular formula is C28H39N3O3. The van der Waals surface area contributed by atoms with E-state index in [-0.39, 0.29) is 11.7 Å². The van der Waals surface area contributed by atoms with Gasteiger partial charge in [-0.15, -0.1) is 0 Å². The summed E-state index contributed by atoms with van der Waals surface area (Å²) in [5, 5.41) is 23.8. The zero-order valence-corrected chi connectivity index (χ0v) is 20.8. The lowest BCUT2D eigenvalue weighted by molar-refractivity contribution is 0.184. The summed E-state index contributed by atoms with van der Waals surface area (Å²) in [5.74, 6) is 1.59. The second-order valence-corrected chi connectivity index (χ2v) is 9.46. The second-order valence-electron chi connectivity index (χ2n) is 9.46.